The van der Waals surface area contributed by atoms with Gasteiger partial charge in [0.1, 0.15) is 0 Å². The summed E-state index contributed by atoms with van der Waals surface area (Å²) < 4.78 is 10.3. The van der Waals surface area contributed by atoms with Crippen LogP contribution in [0.1, 0.15) is 40.3 Å². The van der Waals surface area contributed by atoms with Crippen molar-refractivity contribution in [3.8, 4) is 0 Å². The van der Waals surface area contributed by atoms with Crippen molar-refractivity contribution in [2.24, 2.45) is 11.8 Å². The number of fused-ring (bicyclic) bond motifs is 1. The summed E-state index contributed by atoms with van der Waals surface area (Å²) in [7, 11) is 0. The predicted molar refractivity (Wildman–Crippen MR) is 64.6 cm³/mol. The Balaban J connectivity index is 2.19. The van der Waals surface area contributed by atoms with Gasteiger partial charge in [-0.3, -0.25) is 9.59 Å². The number of hydrogen-bond acceptors (Lipinski definition) is 5. The highest BCUT2D eigenvalue weighted by Crippen LogP contribution is 2.42. The lowest BCUT2D eigenvalue weighted by atomic mass is 9.80. The number of rotatable bonds is 1. The van der Waals surface area contributed by atoms with Crippen molar-refractivity contribution in [3.63, 3.8) is 0 Å². The first-order chi connectivity index (χ1) is 8.93. The second kappa shape index (κ2) is 3.81. The number of ketones is 2. The summed E-state index contributed by atoms with van der Waals surface area (Å²) in [5.41, 5.74) is 1.21. The monoisotopic (exact) mass is 262 g/mol. The van der Waals surface area contributed by atoms with Crippen LogP contribution in [0.15, 0.2) is 22.0 Å². The second-order valence-corrected chi connectivity index (χ2v) is 5.30. The Bertz CT molecular complexity index is 620. The molecule has 1 aliphatic carbocycles. The highest BCUT2D eigenvalue weighted by molar-refractivity contribution is 6.26. The highest BCUT2D eigenvalue weighted by atomic mass is 16.6. The van der Waals surface area contributed by atoms with Crippen LogP contribution in [-0.2, 0) is 4.74 Å². The van der Waals surface area contributed by atoms with Gasteiger partial charge in [0.15, 0.2) is 17.3 Å². The Morgan fingerprint density at radius 2 is 1.95 bits per heavy atom. The summed E-state index contributed by atoms with van der Waals surface area (Å²) in [5, 5.41) is 9.91. The van der Waals surface area contributed by atoms with Crippen LogP contribution >= 0.6 is 0 Å². The molecule has 0 radical (unpaired) electrons. The van der Waals surface area contributed by atoms with Crippen LogP contribution in [0, 0.1) is 18.8 Å². The van der Waals surface area contributed by atoms with Crippen LogP contribution in [0.4, 0.5) is 0 Å². The summed E-state index contributed by atoms with van der Waals surface area (Å²) in [6, 6.07) is 0. The SMILES string of the molecule is Cc1coc2c1C(=O)C1=C(O[C@H](O)[C@H]1C(C)C)C2=O. The van der Waals surface area contributed by atoms with Crippen molar-refractivity contribution in [2.45, 2.75) is 27.1 Å². The van der Waals surface area contributed by atoms with E-state index in [4.69, 9.17) is 9.15 Å². The summed E-state index contributed by atoms with van der Waals surface area (Å²) in [5.74, 6) is -1.26. The zero-order valence-electron chi connectivity index (χ0n) is 10.9. The average molecular weight is 262 g/mol. The maximum Gasteiger partial charge on any atom is 0.263 e. The van der Waals surface area contributed by atoms with Crippen LogP contribution in [0.5, 0.6) is 0 Å². The van der Waals surface area contributed by atoms with Crippen molar-refractivity contribution in [2.75, 3.05) is 0 Å². The lowest BCUT2D eigenvalue weighted by molar-refractivity contribution is -0.0796. The van der Waals surface area contributed by atoms with Gasteiger partial charge in [0.25, 0.3) is 5.78 Å². The molecule has 5 nitrogen and oxygen atoms in total. The first kappa shape index (κ1) is 12.2. The molecular weight excluding hydrogens is 248 g/mol. The molecule has 2 heterocycles. The predicted octanol–water partition coefficient (Wildman–Crippen LogP) is 1.84. The third-order valence-corrected chi connectivity index (χ3v) is 3.70. The van der Waals surface area contributed by atoms with Crippen LogP contribution in [0.3, 0.4) is 0 Å². The van der Waals surface area contributed by atoms with Crippen LogP contribution in [0.2, 0.25) is 0 Å². The molecule has 0 saturated carbocycles. The topological polar surface area (TPSA) is 76.7 Å². The molecule has 2 aliphatic rings. The van der Waals surface area contributed by atoms with E-state index in [0.29, 0.717) is 11.1 Å². The summed E-state index contributed by atoms with van der Waals surface area (Å²) in [4.78, 5) is 24.8. The second-order valence-electron chi connectivity index (χ2n) is 5.30. The van der Waals surface area contributed by atoms with Gasteiger partial charge in [0, 0.05) is 0 Å². The minimum atomic E-state index is -1.15. The quantitative estimate of drug-likeness (QED) is 0.835. The standard InChI is InChI=1S/C14H14O5/c1-5(2)7-9-10(15)8-6(3)4-18-12(8)11(16)13(9)19-14(7)17/h4-5,7,14,17H,1-3H3/t7-,14-/m0/s1. The zero-order chi connectivity index (χ0) is 13.9. The third kappa shape index (κ3) is 1.45. The number of hydrogen-bond donors (Lipinski definition) is 1. The van der Waals surface area contributed by atoms with Gasteiger partial charge in [0.05, 0.1) is 23.3 Å². The highest BCUT2D eigenvalue weighted by Gasteiger charge is 2.49. The Labute approximate surface area is 109 Å². The number of aliphatic hydroxyl groups excluding tert-OH is 1. The van der Waals surface area contributed by atoms with E-state index in [1.54, 1.807) is 6.92 Å². The molecular formula is C14H14O5. The van der Waals surface area contributed by atoms with Crippen LogP contribution < -0.4 is 0 Å². The number of Topliss-reactive ketones (excluding diaryl/α,β-unsaturated/α-hetero) is 2. The van der Waals surface area contributed by atoms with Crippen molar-refractivity contribution in [1.82, 2.24) is 0 Å². The van der Waals surface area contributed by atoms with Crippen molar-refractivity contribution < 1.29 is 23.8 Å². The van der Waals surface area contributed by atoms with Gasteiger partial charge in [0.2, 0.25) is 6.29 Å². The number of carbonyl (C=O) groups excluding carboxylic acids is 2. The Morgan fingerprint density at radius 1 is 1.26 bits per heavy atom. The molecule has 0 spiro atoms. The van der Waals surface area contributed by atoms with E-state index in [2.05, 4.69) is 0 Å². The molecule has 0 saturated heterocycles. The first-order valence-corrected chi connectivity index (χ1v) is 6.19. The fourth-order valence-corrected chi connectivity index (χ4v) is 2.78. The maximum absolute atomic E-state index is 12.5. The van der Waals surface area contributed by atoms with Crippen molar-refractivity contribution in [1.29, 1.82) is 0 Å². The zero-order valence-corrected chi connectivity index (χ0v) is 10.9. The normalized spacial score (nSPS) is 25.7. The molecule has 1 N–H and O–H groups in total. The van der Waals surface area contributed by atoms with Crippen molar-refractivity contribution in [3.05, 3.63) is 34.5 Å². The number of ether oxygens (including phenoxy) is 1. The van der Waals surface area contributed by atoms with E-state index >= 15 is 0 Å². The minimum absolute atomic E-state index is 0.00647. The molecule has 100 valence electrons. The molecule has 5 heteroatoms. The van der Waals surface area contributed by atoms with E-state index in [1.807, 2.05) is 13.8 Å². The van der Waals surface area contributed by atoms with Gasteiger partial charge < -0.3 is 14.3 Å². The molecule has 19 heavy (non-hydrogen) atoms. The number of aryl methyl sites for hydroxylation is 1. The molecule has 0 fully saturated rings. The summed E-state index contributed by atoms with van der Waals surface area (Å²) in [6.07, 6.45) is 0.242. The van der Waals surface area contributed by atoms with E-state index < -0.39 is 18.0 Å². The molecule has 1 aliphatic heterocycles. The van der Waals surface area contributed by atoms with Gasteiger partial charge >= 0.3 is 0 Å². The Morgan fingerprint density at radius 3 is 2.58 bits per heavy atom. The number of allylic oxidation sites excluding steroid dienone is 1. The van der Waals surface area contributed by atoms with Gasteiger partial charge in [-0.05, 0) is 18.4 Å². The minimum Gasteiger partial charge on any atom is -0.460 e. The van der Waals surface area contributed by atoms with Gasteiger partial charge in [-0.25, -0.2) is 0 Å². The summed E-state index contributed by atoms with van der Waals surface area (Å²) >= 11 is 0. The average Bonchev–Trinajstić information content (AvgIpc) is 2.87. The smallest absolute Gasteiger partial charge is 0.263 e. The lowest BCUT2D eigenvalue weighted by Gasteiger charge is -2.19. The number of carbonyl (C=O) groups is 2. The van der Waals surface area contributed by atoms with E-state index in [9.17, 15) is 14.7 Å². The molecule has 1 aromatic heterocycles. The van der Waals surface area contributed by atoms with Crippen LogP contribution in [0.25, 0.3) is 0 Å². The maximum atomic E-state index is 12.5. The van der Waals surface area contributed by atoms with Gasteiger partial charge in [-0.1, -0.05) is 13.8 Å². The molecule has 0 amide bonds. The van der Waals surface area contributed by atoms with E-state index in [0.717, 1.165) is 0 Å². The van der Waals surface area contributed by atoms with E-state index in [-0.39, 0.29) is 28.8 Å². The van der Waals surface area contributed by atoms with Gasteiger partial charge in [-0.2, -0.15) is 0 Å². The molecule has 0 bridgehead atoms. The summed E-state index contributed by atoms with van der Waals surface area (Å²) in [6.45, 7) is 5.47. The molecule has 1 aromatic rings. The first-order valence-electron chi connectivity index (χ1n) is 6.19. The number of furan rings is 1. The van der Waals surface area contributed by atoms with Gasteiger partial charge in [-0.15, -0.1) is 0 Å². The van der Waals surface area contributed by atoms with E-state index in [1.165, 1.54) is 6.26 Å². The Hall–Kier alpha value is -1.88. The molecule has 2 atom stereocenters. The molecule has 0 unspecified atom stereocenters. The van der Waals surface area contributed by atoms with Crippen LogP contribution in [-0.4, -0.2) is 23.0 Å². The Kier molecular flexibility index (Phi) is 2.44. The lowest BCUT2D eigenvalue weighted by Crippen LogP contribution is -2.27. The fraction of sp³-hybridized carbons (Fsp3) is 0.429. The fourth-order valence-electron chi connectivity index (χ4n) is 2.78. The molecule has 3 rings (SSSR count). The third-order valence-electron chi connectivity index (χ3n) is 3.70. The van der Waals surface area contributed by atoms with Crippen molar-refractivity contribution >= 4 is 11.6 Å². The number of aliphatic hydroxyl groups is 1. The largest absolute Gasteiger partial charge is 0.460 e. The molecule has 0 aromatic carbocycles.